The number of nitrogens with zero attached hydrogens (tertiary/aromatic N) is 3. The highest BCUT2D eigenvalue weighted by atomic mass is 19.1. The number of rotatable bonds is 7. The number of ether oxygens (including phenoxy) is 3. The highest BCUT2D eigenvalue weighted by Crippen LogP contribution is 2.43. The second-order valence-electron chi connectivity index (χ2n) is 7.17. The fourth-order valence-corrected chi connectivity index (χ4v) is 3.88. The Bertz CT molecular complexity index is 1010. The highest BCUT2D eigenvalue weighted by molar-refractivity contribution is 5.72. The standard InChI is InChI=1S/C22H24FN3O4/c1-27-18-9-8-17(20(28-2)21(18)29-3)22-24-19(30-25-22)13-26-11-10-15(12-26)14-4-6-16(23)7-5-14/h4-9,15H,10-13H2,1-3H3. The third-order valence-corrected chi connectivity index (χ3v) is 5.39. The van der Waals surface area contributed by atoms with Crippen LogP contribution in [0.15, 0.2) is 40.9 Å². The van der Waals surface area contributed by atoms with Gasteiger partial charge in [0.2, 0.25) is 17.5 Å². The Morgan fingerprint density at radius 3 is 2.50 bits per heavy atom. The first-order valence-corrected chi connectivity index (χ1v) is 9.72. The highest BCUT2D eigenvalue weighted by Gasteiger charge is 2.26. The molecule has 4 rings (SSSR count). The van der Waals surface area contributed by atoms with E-state index in [0.29, 0.717) is 47.0 Å². The summed E-state index contributed by atoms with van der Waals surface area (Å²) in [7, 11) is 4.68. The maximum atomic E-state index is 13.2. The molecule has 2 heterocycles. The van der Waals surface area contributed by atoms with Crippen molar-refractivity contribution in [3.63, 3.8) is 0 Å². The summed E-state index contributed by atoms with van der Waals surface area (Å²) < 4.78 is 34.9. The molecule has 1 atom stereocenters. The minimum Gasteiger partial charge on any atom is -0.493 e. The van der Waals surface area contributed by atoms with Gasteiger partial charge in [-0.15, -0.1) is 0 Å². The van der Waals surface area contributed by atoms with Crippen LogP contribution in [0, 0.1) is 5.82 Å². The Balaban J connectivity index is 1.48. The van der Waals surface area contributed by atoms with Crippen molar-refractivity contribution in [1.29, 1.82) is 0 Å². The van der Waals surface area contributed by atoms with E-state index >= 15 is 0 Å². The molecule has 0 amide bonds. The van der Waals surface area contributed by atoms with Crippen molar-refractivity contribution >= 4 is 0 Å². The number of methoxy groups -OCH3 is 3. The van der Waals surface area contributed by atoms with Crippen LogP contribution in [0.1, 0.15) is 23.8 Å². The van der Waals surface area contributed by atoms with Gasteiger partial charge in [0.1, 0.15) is 5.82 Å². The lowest BCUT2D eigenvalue weighted by Crippen LogP contribution is -2.20. The maximum Gasteiger partial charge on any atom is 0.241 e. The minimum absolute atomic E-state index is 0.211. The molecule has 30 heavy (non-hydrogen) atoms. The fourth-order valence-electron chi connectivity index (χ4n) is 3.88. The number of aromatic nitrogens is 2. The summed E-state index contributed by atoms with van der Waals surface area (Å²) in [5.74, 6) is 2.65. The third kappa shape index (κ3) is 3.95. The maximum absolute atomic E-state index is 13.2. The molecule has 8 heteroatoms. The average Bonchev–Trinajstić information content (AvgIpc) is 3.43. The second kappa shape index (κ2) is 8.71. The van der Waals surface area contributed by atoms with Crippen LogP contribution in [0.3, 0.4) is 0 Å². The number of halogens is 1. The lowest BCUT2D eigenvalue weighted by Gasteiger charge is -2.14. The summed E-state index contributed by atoms with van der Waals surface area (Å²) >= 11 is 0. The summed E-state index contributed by atoms with van der Waals surface area (Å²) in [6.45, 7) is 2.34. The van der Waals surface area contributed by atoms with E-state index < -0.39 is 0 Å². The molecular formula is C22H24FN3O4. The van der Waals surface area contributed by atoms with Gasteiger partial charge in [0, 0.05) is 6.54 Å². The van der Waals surface area contributed by atoms with Gasteiger partial charge < -0.3 is 18.7 Å². The number of likely N-dealkylation sites (tertiary alicyclic amines) is 1. The number of hydrogen-bond acceptors (Lipinski definition) is 7. The molecule has 0 spiro atoms. The van der Waals surface area contributed by atoms with E-state index in [1.54, 1.807) is 27.4 Å². The Hall–Kier alpha value is -3.13. The molecule has 7 nitrogen and oxygen atoms in total. The first-order valence-electron chi connectivity index (χ1n) is 9.72. The Morgan fingerprint density at radius 1 is 1.03 bits per heavy atom. The molecule has 0 N–H and O–H groups in total. The van der Waals surface area contributed by atoms with Crippen LogP contribution < -0.4 is 14.2 Å². The van der Waals surface area contributed by atoms with E-state index in [-0.39, 0.29) is 5.82 Å². The molecule has 1 aliphatic heterocycles. The normalized spacial score (nSPS) is 16.6. The van der Waals surface area contributed by atoms with E-state index in [0.717, 1.165) is 25.1 Å². The summed E-state index contributed by atoms with van der Waals surface area (Å²) in [4.78, 5) is 6.81. The molecular weight excluding hydrogens is 389 g/mol. The van der Waals surface area contributed by atoms with Crippen LogP contribution >= 0.6 is 0 Å². The van der Waals surface area contributed by atoms with E-state index in [1.807, 2.05) is 18.2 Å². The SMILES string of the molecule is COc1ccc(-c2noc(CN3CCC(c4ccc(F)cc4)C3)n2)c(OC)c1OC. The smallest absolute Gasteiger partial charge is 0.241 e. The van der Waals surface area contributed by atoms with Crippen LogP contribution in [0.2, 0.25) is 0 Å². The van der Waals surface area contributed by atoms with Gasteiger partial charge in [-0.05, 0) is 48.7 Å². The number of hydrogen-bond donors (Lipinski definition) is 0. The minimum atomic E-state index is -0.211. The molecule has 0 saturated carbocycles. The van der Waals surface area contributed by atoms with Crippen LogP contribution in [0.5, 0.6) is 17.2 Å². The van der Waals surface area contributed by atoms with Crippen molar-refractivity contribution in [2.24, 2.45) is 0 Å². The van der Waals surface area contributed by atoms with Gasteiger partial charge in [0.05, 0.1) is 33.4 Å². The van der Waals surface area contributed by atoms with Gasteiger partial charge in [-0.25, -0.2) is 4.39 Å². The molecule has 1 aromatic heterocycles. The molecule has 0 radical (unpaired) electrons. The van der Waals surface area contributed by atoms with E-state index in [2.05, 4.69) is 15.0 Å². The molecule has 1 aliphatic rings. The van der Waals surface area contributed by atoms with Crippen molar-refractivity contribution in [3.05, 3.63) is 53.7 Å². The van der Waals surface area contributed by atoms with Gasteiger partial charge in [-0.3, -0.25) is 4.90 Å². The first-order chi connectivity index (χ1) is 14.6. The Morgan fingerprint density at radius 2 is 1.80 bits per heavy atom. The zero-order chi connectivity index (χ0) is 21.1. The van der Waals surface area contributed by atoms with Gasteiger partial charge >= 0.3 is 0 Å². The predicted octanol–water partition coefficient (Wildman–Crippen LogP) is 3.89. The third-order valence-electron chi connectivity index (χ3n) is 5.39. The Kier molecular flexibility index (Phi) is 5.85. The lowest BCUT2D eigenvalue weighted by molar-refractivity contribution is 0.265. The van der Waals surface area contributed by atoms with Gasteiger partial charge in [-0.1, -0.05) is 17.3 Å². The van der Waals surface area contributed by atoms with Crippen molar-refractivity contribution in [2.75, 3.05) is 34.4 Å². The van der Waals surface area contributed by atoms with Crippen LogP contribution in [0.4, 0.5) is 4.39 Å². The van der Waals surface area contributed by atoms with Crippen molar-refractivity contribution < 1.29 is 23.1 Å². The van der Waals surface area contributed by atoms with E-state index in [4.69, 9.17) is 18.7 Å². The van der Waals surface area contributed by atoms with E-state index in [1.165, 1.54) is 12.1 Å². The average molecular weight is 413 g/mol. The quantitative estimate of drug-likeness (QED) is 0.582. The fraction of sp³-hybridized carbons (Fsp3) is 0.364. The van der Waals surface area contributed by atoms with Gasteiger partial charge in [-0.2, -0.15) is 4.98 Å². The second-order valence-corrected chi connectivity index (χ2v) is 7.17. The molecule has 1 saturated heterocycles. The molecule has 3 aromatic rings. The monoisotopic (exact) mass is 413 g/mol. The first kappa shape index (κ1) is 20.2. The van der Waals surface area contributed by atoms with Crippen LogP contribution in [-0.2, 0) is 6.54 Å². The zero-order valence-electron chi connectivity index (χ0n) is 17.2. The summed E-state index contributed by atoms with van der Waals surface area (Å²) in [5, 5.41) is 4.12. The molecule has 1 fully saturated rings. The molecule has 0 bridgehead atoms. The van der Waals surface area contributed by atoms with Crippen LogP contribution in [0.25, 0.3) is 11.4 Å². The summed E-state index contributed by atoms with van der Waals surface area (Å²) in [6, 6.07) is 10.3. The van der Waals surface area contributed by atoms with E-state index in [9.17, 15) is 4.39 Å². The van der Waals surface area contributed by atoms with Gasteiger partial charge in [0.15, 0.2) is 11.5 Å². The van der Waals surface area contributed by atoms with Crippen molar-refractivity contribution in [2.45, 2.75) is 18.9 Å². The molecule has 158 valence electrons. The summed E-state index contributed by atoms with van der Waals surface area (Å²) in [6.07, 6.45) is 1.01. The molecule has 0 aliphatic carbocycles. The van der Waals surface area contributed by atoms with Gasteiger partial charge in [0.25, 0.3) is 0 Å². The molecule has 2 aromatic carbocycles. The lowest BCUT2D eigenvalue weighted by atomic mass is 9.99. The zero-order valence-corrected chi connectivity index (χ0v) is 17.2. The largest absolute Gasteiger partial charge is 0.493 e. The van der Waals surface area contributed by atoms with Crippen molar-refractivity contribution in [3.8, 4) is 28.6 Å². The predicted molar refractivity (Wildman–Crippen MR) is 108 cm³/mol. The summed E-state index contributed by atoms with van der Waals surface area (Å²) in [5.41, 5.74) is 1.82. The van der Waals surface area contributed by atoms with Crippen molar-refractivity contribution in [1.82, 2.24) is 15.0 Å². The Labute approximate surface area is 174 Å². The molecule has 1 unspecified atom stereocenters. The van der Waals surface area contributed by atoms with Crippen LogP contribution in [-0.4, -0.2) is 49.5 Å². The topological polar surface area (TPSA) is 69.9 Å². The number of benzene rings is 2.